The number of imide groups is 1. The standard InChI is InChI=1S/C23H19Br2N3O5/c24-19-15-10-16(20(19)25)18-17(15)22(30)27(23(18)31)26(11-12-4-2-1-3-5-12)21(29)13-6-8-14(9-7-13)28(32)33/h1-9,15-20H,10-11H2/t15-,16-,17-,18+,19-,20+/m1/s1. The van der Waals surface area contributed by atoms with Gasteiger partial charge in [-0.25, -0.2) is 5.01 Å². The molecule has 0 radical (unpaired) electrons. The van der Waals surface area contributed by atoms with Gasteiger partial charge in [0.2, 0.25) is 0 Å². The summed E-state index contributed by atoms with van der Waals surface area (Å²) >= 11 is 7.35. The van der Waals surface area contributed by atoms with Crippen LogP contribution in [0.1, 0.15) is 22.3 Å². The van der Waals surface area contributed by atoms with Crippen LogP contribution in [0.3, 0.4) is 0 Å². The van der Waals surface area contributed by atoms with Gasteiger partial charge in [0.1, 0.15) is 0 Å². The minimum Gasteiger partial charge on any atom is -0.272 e. The molecule has 0 spiro atoms. The van der Waals surface area contributed by atoms with E-state index in [2.05, 4.69) is 31.9 Å². The van der Waals surface area contributed by atoms with Crippen LogP contribution < -0.4 is 0 Å². The van der Waals surface area contributed by atoms with Gasteiger partial charge >= 0.3 is 0 Å². The minimum atomic E-state index is -0.562. The van der Waals surface area contributed by atoms with E-state index < -0.39 is 22.7 Å². The first-order chi connectivity index (χ1) is 15.8. The summed E-state index contributed by atoms with van der Waals surface area (Å²) in [6, 6.07) is 14.3. The molecule has 33 heavy (non-hydrogen) atoms. The lowest BCUT2D eigenvalue weighted by Crippen LogP contribution is -2.50. The Morgan fingerprint density at radius 2 is 1.52 bits per heavy atom. The molecular formula is C23H19Br2N3O5. The zero-order valence-electron chi connectivity index (χ0n) is 17.2. The number of hydrogen-bond donors (Lipinski definition) is 0. The summed E-state index contributed by atoms with van der Waals surface area (Å²) < 4.78 is 0. The number of hydrogen-bond acceptors (Lipinski definition) is 5. The Morgan fingerprint density at radius 1 is 0.970 bits per heavy atom. The van der Waals surface area contributed by atoms with Gasteiger partial charge in [-0.1, -0.05) is 62.2 Å². The molecule has 2 bridgehead atoms. The van der Waals surface area contributed by atoms with E-state index in [0.717, 1.165) is 17.0 Å². The van der Waals surface area contributed by atoms with Gasteiger partial charge in [-0.3, -0.25) is 24.5 Å². The maximum atomic E-state index is 13.5. The van der Waals surface area contributed by atoms with E-state index in [4.69, 9.17) is 0 Å². The van der Waals surface area contributed by atoms with Gasteiger partial charge in [-0.15, -0.1) is 0 Å². The summed E-state index contributed by atoms with van der Waals surface area (Å²) in [4.78, 5) is 51.2. The number of amides is 3. The Hall–Kier alpha value is -2.59. The van der Waals surface area contributed by atoms with E-state index >= 15 is 0 Å². The van der Waals surface area contributed by atoms with Gasteiger partial charge < -0.3 is 0 Å². The third-order valence-corrected chi connectivity index (χ3v) is 10.1. The fourth-order valence-corrected chi connectivity index (χ4v) is 7.31. The Kier molecular flexibility index (Phi) is 5.60. The molecule has 5 rings (SSSR count). The molecule has 10 heteroatoms. The van der Waals surface area contributed by atoms with Gasteiger partial charge in [0.25, 0.3) is 23.4 Å². The van der Waals surface area contributed by atoms with Crippen LogP contribution in [0.15, 0.2) is 54.6 Å². The minimum absolute atomic E-state index is 0.0262. The lowest BCUT2D eigenvalue weighted by Gasteiger charge is -2.31. The van der Waals surface area contributed by atoms with Crippen LogP contribution in [0.25, 0.3) is 0 Å². The summed E-state index contributed by atoms with van der Waals surface area (Å²) in [5.74, 6) is -2.13. The lowest BCUT2D eigenvalue weighted by molar-refractivity contribution is -0.384. The first-order valence-corrected chi connectivity index (χ1v) is 12.4. The second-order valence-electron chi connectivity index (χ2n) is 8.64. The summed E-state index contributed by atoms with van der Waals surface area (Å²) in [5, 5.41) is 13.2. The van der Waals surface area contributed by atoms with Crippen LogP contribution >= 0.6 is 31.9 Å². The molecular weight excluding hydrogens is 558 g/mol. The van der Waals surface area contributed by atoms with Crippen molar-refractivity contribution in [2.24, 2.45) is 23.7 Å². The number of nitro benzene ring substituents is 1. The SMILES string of the molecule is O=C(c1ccc([N+](=O)[O-])cc1)N(Cc1ccccc1)N1C(=O)[C@@H]2[C@H]3C[C@@H]([C@H](Br)[C@@H]3Br)[C@@H]2C1=O. The number of halogens is 2. The highest BCUT2D eigenvalue weighted by Gasteiger charge is 2.67. The molecule has 2 aromatic rings. The average molecular weight is 577 g/mol. The van der Waals surface area contributed by atoms with Crippen molar-refractivity contribution in [3.63, 3.8) is 0 Å². The van der Waals surface area contributed by atoms with Crippen molar-refractivity contribution >= 4 is 55.3 Å². The van der Waals surface area contributed by atoms with E-state index in [9.17, 15) is 24.5 Å². The molecule has 3 fully saturated rings. The monoisotopic (exact) mass is 575 g/mol. The lowest BCUT2D eigenvalue weighted by atomic mass is 9.81. The zero-order valence-corrected chi connectivity index (χ0v) is 20.4. The summed E-state index contributed by atoms with van der Waals surface area (Å²) in [6.07, 6.45) is 0.793. The third kappa shape index (κ3) is 3.50. The fourth-order valence-electron chi connectivity index (χ4n) is 5.44. The second kappa shape index (κ2) is 8.32. The summed E-state index contributed by atoms with van der Waals surface area (Å²) in [6.45, 7) is 0.0262. The van der Waals surface area contributed by atoms with Crippen molar-refractivity contribution in [3.05, 3.63) is 75.8 Å². The average Bonchev–Trinajstić information content (AvgIpc) is 3.43. The Labute approximate surface area is 206 Å². The Balaban J connectivity index is 1.51. The molecule has 2 saturated carbocycles. The highest BCUT2D eigenvalue weighted by Crippen LogP contribution is 2.60. The van der Waals surface area contributed by atoms with Crippen molar-refractivity contribution in [3.8, 4) is 0 Å². The van der Waals surface area contributed by atoms with E-state index in [0.29, 0.717) is 0 Å². The van der Waals surface area contributed by atoms with Gasteiger partial charge in [0.15, 0.2) is 0 Å². The van der Waals surface area contributed by atoms with Crippen LogP contribution in [-0.4, -0.2) is 42.3 Å². The molecule has 2 aliphatic carbocycles. The van der Waals surface area contributed by atoms with Gasteiger partial charge in [-0.2, -0.15) is 5.01 Å². The predicted molar refractivity (Wildman–Crippen MR) is 125 cm³/mol. The fraction of sp³-hybridized carbons (Fsp3) is 0.348. The van der Waals surface area contributed by atoms with Crippen molar-refractivity contribution < 1.29 is 19.3 Å². The second-order valence-corrected chi connectivity index (χ2v) is 10.8. The number of rotatable bonds is 5. The number of benzene rings is 2. The van der Waals surface area contributed by atoms with E-state index in [1.807, 2.05) is 30.3 Å². The van der Waals surface area contributed by atoms with Crippen LogP contribution in [-0.2, 0) is 16.1 Å². The molecule has 0 aromatic heterocycles. The summed E-state index contributed by atoms with van der Waals surface area (Å²) in [5.41, 5.74) is 0.770. The van der Waals surface area contributed by atoms with Crippen LogP contribution in [0.5, 0.6) is 0 Å². The van der Waals surface area contributed by atoms with Gasteiger partial charge in [0.05, 0.1) is 23.3 Å². The van der Waals surface area contributed by atoms with E-state index in [-0.39, 0.29) is 51.1 Å². The number of non-ortho nitro benzene ring substituents is 1. The zero-order chi connectivity index (χ0) is 23.4. The first-order valence-electron chi connectivity index (χ1n) is 10.6. The molecule has 0 unspecified atom stereocenters. The number of nitro groups is 1. The van der Waals surface area contributed by atoms with E-state index in [1.165, 1.54) is 29.3 Å². The molecule has 0 N–H and O–H groups in total. The molecule has 170 valence electrons. The molecule has 3 aliphatic rings. The number of carbonyl (C=O) groups is 3. The highest BCUT2D eigenvalue weighted by molar-refractivity contribution is 9.12. The normalized spacial score (nSPS) is 29.9. The molecule has 1 heterocycles. The van der Waals surface area contributed by atoms with Crippen molar-refractivity contribution in [2.75, 3.05) is 0 Å². The maximum Gasteiger partial charge on any atom is 0.273 e. The number of fused-ring (bicyclic) bond motifs is 5. The Bertz CT molecular complexity index is 1110. The van der Waals surface area contributed by atoms with Crippen LogP contribution in [0.4, 0.5) is 5.69 Å². The number of alkyl halides is 2. The van der Waals surface area contributed by atoms with Crippen molar-refractivity contribution in [2.45, 2.75) is 22.6 Å². The highest BCUT2D eigenvalue weighted by atomic mass is 79.9. The number of hydrazine groups is 1. The maximum absolute atomic E-state index is 13.5. The quantitative estimate of drug-likeness (QED) is 0.232. The molecule has 1 saturated heterocycles. The van der Waals surface area contributed by atoms with Crippen molar-refractivity contribution in [1.82, 2.24) is 10.0 Å². The molecule has 1 aliphatic heterocycles. The molecule has 6 atom stereocenters. The first kappa shape index (κ1) is 22.2. The van der Waals surface area contributed by atoms with Crippen LogP contribution in [0, 0.1) is 33.8 Å². The van der Waals surface area contributed by atoms with Gasteiger partial charge in [0, 0.05) is 27.4 Å². The molecule has 8 nitrogen and oxygen atoms in total. The third-order valence-electron chi connectivity index (χ3n) is 6.94. The Morgan fingerprint density at radius 3 is 2.03 bits per heavy atom. The topological polar surface area (TPSA) is 101 Å². The largest absolute Gasteiger partial charge is 0.273 e. The smallest absolute Gasteiger partial charge is 0.272 e. The predicted octanol–water partition coefficient (Wildman–Crippen LogP) is 3.93. The molecule has 2 aromatic carbocycles. The summed E-state index contributed by atoms with van der Waals surface area (Å²) in [7, 11) is 0. The van der Waals surface area contributed by atoms with Crippen LogP contribution in [0.2, 0.25) is 0 Å². The van der Waals surface area contributed by atoms with Gasteiger partial charge in [-0.05, 0) is 36.0 Å². The number of nitrogens with zero attached hydrogens (tertiary/aromatic N) is 3. The van der Waals surface area contributed by atoms with E-state index in [1.54, 1.807) is 0 Å². The number of carbonyl (C=O) groups excluding carboxylic acids is 3. The van der Waals surface area contributed by atoms with Crippen molar-refractivity contribution in [1.29, 1.82) is 0 Å². The molecule has 3 amide bonds.